The molecular weight excluding hydrogens is 391 g/mol. The molecule has 0 saturated heterocycles. The molecule has 5 aromatic rings. The van der Waals surface area contributed by atoms with Gasteiger partial charge in [0, 0.05) is 30.1 Å². The van der Waals surface area contributed by atoms with Crippen LogP contribution in [-0.2, 0) is 6.54 Å². The molecule has 0 spiro atoms. The number of pyridine rings is 1. The van der Waals surface area contributed by atoms with Crippen LogP contribution in [-0.4, -0.2) is 24.4 Å². The monoisotopic (exact) mass is 412 g/mol. The van der Waals surface area contributed by atoms with E-state index in [1.807, 2.05) is 70.0 Å². The van der Waals surface area contributed by atoms with Crippen LogP contribution in [0, 0.1) is 5.82 Å². The van der Waals surface area contributed by atoms with Gasteiger partial charge in [-0.3, -0.25) is 4.40 Å². The maximum atomic E-state index is 13.5. The quantitative estimate of drug-likeness (QED) is 0.444. The van der Waals surface area contributed by atoms with Crippen LogP contribution in [0.25, 0.3) is 22.6 Å². The average molecular weight is 412 g/mol. The molecule has 3 heterocycles. The Kier molecular flexibility index (Phi) is 5.01. The number of rotatable bonds is 6. The summed E-state index contributed by atoms with van der Waals surface area (Å²) in [5, 5.41) is 16.9. The standard InChI is InChI=1S/C24H21FN6/c1-17(24-28-27-22-9-5-6-14-30(22)24)26-15-19-16-31(21-7-3-2-4-8-21)29-23(19)18-10-12-20(25)13-11-18/h2-14,16-17,26H,15H2,1H3. The number of para-hydroxylation sites is 1. The van der Waals surface area contributed by atoms with Crippen molar-refractivity contribution in [1.29, 1.82) is 0 Å². The Labute approximate surface area is 179 Å². The zero-order valence-corrected chi connectivity index (χ0v) is 17.0. The molecule has 154 valence electrons. The second-order valence-corrected chi connectivity index (χ2v) is 7.38. The summed E-state index contributed by atoms with van der Waals surface area (Å²) in [6.45, 7) is 2.63. The van der Waals surface area contributed by atoms with Crippen molar-refractivity contribution in [3.8, 4) is 16.9 Å². The van der Waals surface area contributed by atoms with E-state index >= 15 is 0 Å². The van der Waals surface area contributed by atoms with E-state index < -0.39 is 0 Å². The van der Waals surface area contributed by atoms with Gasteiger partial charge in [-0.15, -0.1) is 10.2 Å². The molecule has 0 aliphatic heterocycles. The number of hydrogen-bond acceptors (Lipinski definition) is 4. The van der Waals surface area contributed by atoms with Gasteiger partial charge in [-0.2, -0.15) is 5.10 Å². The third-order valence-corrected chi connectivity index (χ3v) is 5.25. The van der Waals surface area contributed by atoms with Gasteiger partial charge < -0.3 is 5.32 Å². The van der Waals surface area contributed by atoms with E-state index in [1.165, 1.54) is 12.1 Å². The summed E-state index contributed by atoms with van der Waals surface area (Å²) >= 11 is 0. The molecule has 3 aromatic heterocycles. The second kappa shape index (κ2) is 8.12. The van der Waals surface area contributed by atoms with Crippen molar-refractivity contribution in [3.05, 3.63) is 102 Å². The molecule has 0 amide bonds. The van der Waals surface area contributed by atoms with Crippen LogP contribution >= 0.6 is 0 Å². The Balaban J connectivity index is 1.45. The van der Waals surface area contributed by atoms with E-state index in [0.29, 0.717) is 6.54 Å². The van der Waals surface area contributed by atoms with Crippen molar-refractivity contribution >= 4 is 5.65 Å². The Hall–Kier alpha value is -3.84. The fraction of sp³-hybridized carbons (Fsp3) is 0.125. The molecular formula is C24H21FN6. The first kappa shape index (κ1) is 19.1. The predicted molar refractivity (Wildman–Crippen MR) is 117 cm³/mol. The van der Waals surface area contributed by atoms with Crippen LogP contribution in [0.3, 0.4) is 0 Å². The minimum Gasteiger partial charge on any atom is -0.303 e. The highest BCUT2D eigenvalue weighted by molar-refractivity contribution is 5.63. The molecule has 5 rings (SSSR count). The first-order valence-electron chi connectivity index (χ1n) is 10.1. The summed E-state index contributed by atoms with van der Waals surface area (Å²) in [4.78, 5) is 0. The molecule has 0 aliphatic carbocycles. The molecule has 0 radical (unpaired) electrons. The van der Waals surface area contributed by atoms with E-state index in [0.717, 1.165) is 34.0 Å². The van der Waals surface area contributed by atoms with Gasteiger partial charge in [-0.25, -0.2) is 9.07 Å². The summed E-state index contributed by atoms with van der Waals surface area (Å²) in [5.74, 6) is 0.576. The SMILES string of the molecule is CC(NCc1cn(-c2ccccc2)nc1-c1ccc(F)cc1)c1nnc2ccccn12. The molecule has 31 heavy (non-hydrogen) atoms. The number of aromatic nitrogens is 5. The largest absolute Gasteiger partial charge is 0.303 e. The molecule has 6 nitrogen and oxygen atoms in total. The zero-order valence-electron chi connectivity index (χ0n) is 17.0. The molecule has 1 atom stereocenters. The van der Waals surface area contributed by atoms with Gasteiger partial charge in [-0.1, -0.05) is 24.3 Å². The Morgan fingerprint density at radius 2 is 1.71 bits per heavy atom. The second-order valence-electron chi connectivity index (χ2n) is 7.38. The molecule has 0 bridgehead atoms. The highest BCUT2D eigenvalue weighted by Gasteiger charge is 2.16. The molecule has 7 heteroatoms. The summed E-state index contributed by atoms with van der Waals surface area (Å²) < 4.78 is 17.3. The number of nitrogens with one attached hydrogen (secondary N) is 1. The van der Waals surface area contributed by atoms with Gasteiger partial charge in [-0.05, 0) is 55.5 Å². The fourth-order valence-electron chi connectivity index (χ4n) is 3.61. The lowest BCUT2D eigenvalue weighted by Crippen LogP contribution is -2.20. The maximum absolute atomic E-state index is 13.5. The lowest BCUT2D eigenvalue weighted by molar-refractivity contribution is 0.542. The lowest BCUT2D eigenvalue weighted by atomic mass is 10.1. The van der Waals surface area contributed by atoms with Crippen molar-refractivity contribution in [2.75, 3.05) is 0 Å². The third kappa shape index (κ3) is 3.83. The lowest BCUT2D eigenvalue weighted by Gasteiger charge is -2.12. The highest BCUT2D eigenvalue weighted by atomic mass is 19.1. The number of halogens is 1. The van der Waals surface area contributed by atoms with Crippen molar-refractivity contribution < 1.29 is 4.39 Å². The Morgan fingerprint density at radius 3 is 2.52 bits per heavy atom. The van der Waals surface area contributed by atoms with E-state index in [1.54, 1.807) is 12.1 Å². The van der Waals surface area contributed by atoms with Crippen LogP contribution in [0.4, 0.5) is 4.39 Å². The highest BCUT2D eigenvalue weighted by Crippen LogP contribution is 2.25. The van der Waals surface area contributed by atoms with Crippen molar-refractivity contribution in [3.63, 3.8) is 0 Å². The van der Waals surface area contributed by atoms with Gasteiger partial charge in [0.25, 0.3) is 0 Å². The summed E-state index contributed by atoms with van der Waals surface area (Å²) in [6.07, 6.45) is 3.97. The Bertz CT molecular complexity index is 1310. The number of benzene rings is 2. The number of hydrogen-bond donors (Lipinski definition) is 1. The van der Waals surface area contributed by atoms with Crippen molar-refractivity contribution in [2.45, 2.75) is 19.5 Å². The molecule has 0 saturated carbocycles. The van der Waals surface area contributed by atoms with E-state index in [-0.39, 0.29) is 11.9 Å². The van der Waals surface area contributed by atoms with Crippen LogP contribution in [0.2, 0.25) is 0 Å². The van der Waals surface area contributed by atoms with Crippen LogP contribution in [0.5, 0.6) is 0 Å². The molecule has 0 aliphatic rings. The summed E-state index contributed by atoms with van der Waals surface area (Å²) in [5.41, 5.74) is 4.47. The number of fused-ring (bicyclic) bond motifs is 1. The van der Waals surface area contributed by atoms with Crippen LogP contribution < -0.4 is 5.32 Å². The van der Waals surface area contributed by atoms with E-state index in [9.17, 15) is 4.39 Å². The van der Waals surface area contributed by atoms with Crippen LogP contribution in [0.15, 0.2) is 85.2 Å². The van der Waals surface area contributed by atoms with Crippen molar-refractivity contribution in [2.24, 2.45) is 0 Å². The predicted octanol–water partition coefficient (Wildman–Crippen LogP) is 4.57. The van der Waals surface area contributed by atoms with Crippen LogP contribution in [0.1, 0.15) is 24.4 Å². The third-order valence-electron chi connectivity index (χ3n) is 5.25. The van der Waals surface area contributed by atoms with Gasteiger partial charge in [0.05, 0.1) is 17.4 Å². The van der Waals surface area contributed by atoms with Gasteiger partial charge in [0.2, 0.25) is 0 Å². The van der Waals surface area contributed by atoms with E-state index in [2.05, 4.69) is 22.4 Å². The smallest absolute Gasteiger partial charge is 0.160 e. The first-order valence-corrected chi connectivity index (χ1v) is 10.1. The normalized spacial score (nSPS) is 12.3. The summed E-state index contributed by atoms with van der Waals surface area (Å²) in [7, 11) is 0. The first-order chi connectivity index (χ1) is 15.2. The minimum atomic E-state index is -0.266. The molecule has 1 unspecified atom stereocenters. The van der Waals surface area contributed by atoms with E-state index in [4.69, 9.17) is 5.10 Å². The molecule has 0 fully saturated rings. The van der Waals surface area contributed by atoms with Gasteiger partial charge >= 0.3 is 0 Å². The van der Waals surface area contributed by atoms with Gasteiger partial charge in [0.15, 0.2) is 11.5 Å². The zero-order chi connectivity index (χ0) is 21.2. The Morgan fingerprint density at radius 1 is 0.935 bits per heavy atom. The fourth-order valence-corrected chi connectivity index (χ4v) is 3.61. The molecule has 2 aromatic carbocycles. The maximum Gasteiger partial charge on any atom is 0.160 e. The summed E-state index contributed by atoms with van der Waals surface area (Å²) in [6, 6.07) is 22.2. The number of nitrogens with zero attached hydrogens (tertiary/aromatic N) is 5. The van der Waals surface area contributed by atoms with Gasteiger partial charge in [0.1, 0.15) is 5.82 Å². The minimum absolute atomic E-state index is 0.0291. The molecule has 1 N–H and O–H groups in total. The van der Waals surface area contributed by atoms with Crippen molar-refractivity contribution in [1.82, 2.24) is 29.7 Å². The topological polar surface area (TPSA) is 60.0 Å². The average Bonchev–Trinajstić information content (AvgIpc) is 3.43.